The third kappa shape index (κ3) is 2.54. The van der Waals surface area contributed by atoms with E-state index in [1.807, 2.05) is 49.5 Å². The van der Waals surface area contributed by atoms with Gasteiger partial charge in [-0.25, -0.2) is 0 Å². The van der Waals surface area contributed by atoms with E-state index in [1.165, 1.54) is 0 Å². The monoisotopic (exact) mass is 281 g/mol. The average molecular weight is 281 g/mol. The number of amides is 1. The molecule has 0 bridgehead atoms. The van der Waals surface area contributed by atoms with Gasteiger partial charge in [0.1, 0.15) is 0 Å². The molecule has 1 heterocycles. The maximum Gasteiger partial charge on any atom is 0.235 e. The van der Waals surface area contributed by atoms with Gasteiger partial charge in [0.15, 0.2) is 0 Å². The number of carbonyl (C=O) groups is 1. The Labute approximate surface area is 124 Å². The molecule has 2 N–H and O–H groups in total. The molecular weight excluding hydrogens is 262 g/mol. The van der Waals surface area contributed by atoms with E-state index in [1.54, 1.807) is 12.4 Å². The quantitative estimate of drug-likeness (QED) is 0.883. The first-order valence-corrected chi connectivity index (χ1v) is 7.19. The van der Waals surface area contributed by atoms with E-state index in [2.05, 4.69) is 15.6 Å². The van der Waals surface area contributed by atoms with Crippen molar-refractivity contribution in [3.05, 3.63) is 60.4 Å². The third-order valence-electron chi connectivity index (χ3n) is 4.17. The zero-order valence-corrected chi connectivity index (χ0v) is 12.0. The number of carbonyl (C=O) groups excluding carboxylic acids is 1. The molecule has 0 saturated heterocycles. The van der Waals surface area contributed by atoms with Crippen LogP contribution in [0, 0.1) is 5.92 Å². The molecule has 1 aromatic heterocycles. The Morgan fingerprint density at radius 3 is 2.76 bits per heavy atom. The van der Waals surface area contributed by atoms with Gasteiger partial charge < -0.3 is 10.6 Å². The van der Waals surface area contributed by atoms with Crippen LogP contribution in [-0.2, 0) is 10.2 Å². The van der Waals surface area contributed by atoms with Crippen LogP contribution in [0.5, 0.6) is 0 Å². The minimum atomic E-state index is -0.417. The van der Waals surface area contributed by atoms with Crippen molar-refractivity contribution in [2.24, 2.45) is 5.92 Å². The second kappa shape index (κ2) is 5.66. The number of nitrogens with zero attached hydrogens (tertiary/aromatic N) is 1. The van der Waals surface area contributed by atoms with Gasteiger partial charge in [0, 0.05) is 6.20 Å². The summed E-state index contributed by atoms with van der Waals surface area (Å²) < 4.78 is 0. The molecule has 1 amide bonds. The second-order valence-corrected chi connectivity index (χ2v) is 5.49. The number of pyridine rings is 1. The first kappa shape index (κ1) is 13.8. The van der Waals surface area contributed by atoms with Crippen molar-refractivity contribution in [3.63, 3.8) is 0 Å². The molecule has 3 rings (SSSR count). The Morgan fingerprint density at radius 2 is 2.10 bits per heavy atom. The molecule has 1 aromatic carbocycles. The number of nitrogens with one attached hydrogen (secondary N) is 2. The van der Waals surface area contributed by atoms with E-state index < -0.39 is 5.41 Å². The molecule has 108 valence electrons. The zero-order valence-electron chi connectivity index (χ0n) is 12.0. The Morgan fingerprint density at radius 1 is 1.29 bits per heavy atom. The van der Waals surface area contributed by atoms with Crippen molar-refractivity contribution in [1.82, 2.24) is 10.3 Å². The van der Waals surface area contributed by atoms with Crippen molar-refractivity contribution >= 4 is 11.6 Å². The van der Waals surface area contributed by atoms with Crippen LogP contribution in [0.15, 0.2) is 54.9 Å². The van der Waals surface area contributed by atoms with Gasteiger partial charge in [-0.3, -0.25) is 9.78 Å². The van der Waals surface area contributed by atoms with Crippen molar-refractivity contribution in [1.29, 1.82) is 0 Å². The highest BCUT2D eigenvalue weighted by molar-refractivity contribution is 6.01. The maximum atomic E-state index is 12.8. The van der Waals surface area contributed by atoms with Crippen LogP contribution >= 0.6 is 0 Å². The summed E-state index contributed by atoms with van der Waals surface area (Å²) in [7, 11) is 1.92. The largest absolute Gasteiger partial charge is 0.324 e. The molecule has 0 radical (unpaired) electrons. The smallest absolute Gasteiger partial charge is 0.235 e. The normalized spacial score (nSPS) is 23.6. The summed E-state index contributed by atoms with van der Waals surface area (Å²) in [6.07, 6.45) is 4.25. The molecule has 0 aliphatic heterocycles. The van der Waals surface area contributed by atoms with Crippen LogP contribution in [-0.4, -0.2) is 24.5 Å². The van der Waals surface area contributed by atoms with E-state index >= 15 is 0 Å². The van der Waals surface area contributed by atoms with Crippen LogP contribution in [0.4, 0.5) is 5.69 Å². The molecule has 1 aliphatic carbocycles. The lowest BCUT2D eigenvalue weighted by atomic mass is 9.92. The molecule has 4 heteroatoms. The van der Waals surface area contributed by atoms with Gasteiger partial charge in [0.2, 0.25) is 5.91 Å². The van der Waals surface area contributed by atoms with E-state index in [4.69, 9.17) is 0 Å². The highest BCUT2D eigenvalue weighted by atomic mass is 16.2. The second-order valence-electron chi connectivity index (χ2n) is 5.49. The molecule has 1 saturated carbocycles. The molecule has 2 unspecified atom stereocenters. The minimum Gasteiger partial charge on any atom is -0.324 e. The van der Waals surface area contributed by atoms with Crippen LogP contribution in [0.25, 0.3) is 0 Å². The predicted octanol–water partition coefficient (Wildman–Crippen LogP) is 2.20. The molecular formula is C17H19N3O. The number of aromatic nitrogens is 1. The third-order valence-corrected chi connectivity index (χ3v) is 4.17. The van der Waals surface area contributed by atoms with Gasteiger partial charge >= 0.3 is 0 Å². The van der Waals surface area contributed by atoms with Crippen molar-refractivity contribution in [2.75, 3.05) is 18.9 Å². The highest BCUT2D eigenvalue weighted by Gasteiger charge is 2.60. The zero-order chi connectivity index (χ0) is 14.7. The van der Waals surface area contributed by atoms with Gasteiger partial charge in [-0.2, -0.15) is 0 Å². The molecule has 2 aromatic rings. The van der Waals surface area contributed by atoms with E-state index in [0.29, 0.717) is 5.92 Å². The number of hydrogen-bond donors (Lipinski definition) is 2. The fourth-order valence-electron chi connectivity index (χ4n) is 3.00. The Kier molecular flexibility index (Phi) is 3.71. The Hall–Kier alpha value is -2.20. The maximum absolute atomic E-state index is 12.8. The van der Waals surface area contributed by atoms with Crippen LogP contribution in [0.2, 0.25) is 0 Å². The topological polar surface area (TPSA) is 54.0 Å². The summed E-state index contributed by atoms with van der Waals surface area (Å²) >= 11 is 0. The lowest BCUT2D eigenvalue weighted by molar-refractivity contribution is -0.118. The highest BCUT2D eigenvalue weighted by Crippen LogP contribution is 2.54. The Balaban J connectivity index is 1.86. The average Bonchev–Trinajstić information content (AvgIpc) is 3.25. The summed E-state index contributed by atoms with van der Waals surface area (Å²) in [5, 5.41) is 6.18. The summed E-state index contributed by atoms with van der Waals surface area (Å²) in [6.45, 7) is 0.843. The first-order chi connectivity index (χ1) is 10.3. The molecule has 2 atom stereocenters. The molecule has 1 aliphatic rings. The predicted molar refractivity (Wildman–Crippen MR) is 83.0 cm³/mol. The molecule has 4 nitrogen and oxygen atoms in total. The summed E-state index contributed by atoms with van der Waals surface area (Å²) in [5.74, 6) is 0.392. The summed E-state index contributed by atoms with van der Waals surface area (Å²) in [5.41, 5.74) is 1.42. The number of rotatable bonds is 5. The van der Waals surface area contributed by atoms with Gasteiger partial charge in [-0.1, -0.05) is 30.3 Å². The lowest BCUT2D eigenvalue weighted by Crippen LogP contribution is -2.32. The van der Waals surface area contributed by atoms with Crippen molar-refractivity contribution in [2.45, 2.75) is 11.8 Å². The van der Waals surface area contributed by atoms with E-state index in [0.717, 1.165) is 24.2 Å². The lowest BCUT2D eigenvalue weighted by Gasteiger charge is -2.18. The van der Waals surface area contributed by atoms with Crippen LogP contribution in [0.3, 0.4) is 0 Å². The number of hydrogen-bond acceptors (Lipinski definition) is 3. The van der Waals surface area contributed by atoms with Gasteiger partial charge in [-0.05, 0) is 43.6 Å². The summed E-state index contributed by atoms with van der Waals surface area (Å²) in [6, 6.07) is 13.7. The fourth-order valence-corrected chi connectivity index (χ4v) is 3.00. The van der Waals surface area contributed by atoms with Gasteiger partial charge in [-0.15, -0.1) is 0 Å². The molecule has 0 spiro atoms. The fraction of sp³-hybridized carbons (Fsp3) is 0.294. The van der Waals surface area contributed by atoms with Gasteiger partial charge in [0.25, 0.3) is 0 Å². The molecule has 1 fully saturated rings. The SMILES string of the molecule is CNCC1CC1(C(=O)Nc1cccnc1)c1ccccc1. The van der Waals surface area contributed by atoms with Crippen molar-refractivity contribution < 1.29 is 4.79 Å². The van der Waals surface area contributed by atoms with E-state index in [9.17, 15) is 4.79 Å². The number of benzene rings is 1. The molecule has 21 heavy (non-hydrogen) atoms. The van der Waals surface area contributed by atoms with E-state index in [-0.39, 0.29) is 5.91 Å². The van der Waals surface area contributed by atoms with Crippen LogP contribution in [0.1, 0.15) is 12.0 Å². The van der Waals surface area contributed by atoms with Gasteiger partial charge in [0.05, 0.1) is 17.3 Å². The van der Waals surface area contributed by atoms with Crippen LogP contribution < -0.4 is 10.6 Å². The number of anilines is 1. The first-order valence-electron chi connectivity index (χ1n) is 7.19. The minimum absolute atomic E-state index is 0.0574. The Bertz CT molecular complexity index is 614. The summed E-state index contributed by atoms with van der Waals surface area (Å²) in [4.78, 5) is 16.9. The van der Waals surface area contributed by atoms with Crippen molar-refractivity contribution in [3.8, 4) is 0 Å². The standard InChI is InChI=1S/C17H19N3O/c1-18-11-14-10-17(14,13-6-3-2-4-7-13)16(21)20-15-8-5-9-19-12-15/h2-9,12,14,18H,10-11H2,1H3,(H,20,21).